The second-order valence-corrected chi connectivity index (χ2v) is 8.16. The van der Waals surface area contributed by atoms with E-state index in [9.17, 15) is 4.79 Å². The molecule has 3 atom stereocenters. The van der Waals surface area contributed by atoms with Gasteiger partial charge in [0, 0.05) is 11.7 Å². The smallest absolute Gasteiger partial charge is 0.271 e. The molecule has 8 nitrogen and oxygen atoms in total. The fourth-order valence-electron chi connectivity index (χ4n) is 3.51. The lowest BCUT2D eigenvalue weighted by Gasteiger charge is -2.34. The first-order valence-corrected chi connectivity index (χ1v) is 10.0. The van der Waals surface area contributed by atoms with Crippen LogP contribution in [0.5, 0.6) is 0 Å². The van der Waals surface area contributed by atoms with Crippen molar-refractivity contribution in [3.8, 4) is 5.95 Å². The highest BCUT2D eigenvalue weighted by Crippen LogP contribution is 2.29. The zero-order valence-corrected chi connectivity index (χ0v) is 16.6. The number of carbonyl (C=O) groups is 1. The van der Waals surface area contributed by atoms with E-state index < -0.39 is 0 Å². The van der Waals surface area contributed by atoms with Crippen molar-refractivity contribution in [2.24, 2.45) is 11.8 Å². The number of aromatic nitrogens is 5. The van der Waals surface area contributed by atoms with Crippen LogP contribution in [0.25, 0.3) is 5.95 Å². The van der Waals surface area contributed by atoms with Crippen LogP contribution in [0.2, 0.25) is 0 Å². The minimum Gasteiger partial charge on any atom is -0.352 e. The van der Waals surface area contributed by atoms with Crippen LogP contribution in [0.4, 0.5) is 0 Å². The Kier molecular flexibility index (Phi) is 5.55. The molecule has 1 aliphatic carbocycles. The molecule has 1 aliphatic rings. The average molecular weight is 378 g/mol. The van der Waals surface area contributed by atoms with E-state index >= 15 is 0 Å². The summed E-state index contributed by atoms with van der Waals surface area (Å²) in [5.41, 5.74) is 1.81. The van der Waals surface area contributed by atoms with Gasteiger partial charge in [-0.05, 0) is 38.2 Å². The minimum absolute atomic E-state index is 0.0108. The Labute approximate surface area is 157 Å². The maximum atomic E-state index is 12.3. The highest BCUT2D eigenvalue weighted by atomic mass is 32.2. The van der Waals surface area contributed by atoms with Crippen molar-refractivity contribution in [2.45, 2.75) is 58.2 Å². The molecule has 1 amide bonds. The molecule has 0 aliphatic heterocycles. The molecule has 0 aromatic carbocycles. The molecule has 9 heteroatoms. The van der Waals surface area contributed by atoms with E-state index in [1.165, 1.54) is 29.3 Å². The van der Waals surface area contributed by atoms with Gasteiger partial charge in [0.1, 0.15) is 0 Å². The van der Waals surface area contributed by atoms with Gasteiger partial charge in [-0.1, -0.05) is 38.5 Å². The molecular formula is C17H27N7OS. The lowest BCUT2D eigenvalue weighted by atomic mass is 9.78. The van der Waals surface area contributed by atoms with Crippen LogP contribution < -0.4 is 11.2 Å². The van der Waals surface area contributed by atoms with Crippen molar-refractivity contribution in [1.29, 1.82) is 0 Å². The van der Waals surface area contributed by atoms with Crippen LogP contribution in [-0.4, -0.2) is 42.4 Å². The van der Waals surface area contributed by atoms with Crippen LogP contribution in [0.3, 0.4) is 0 Å². The van der Waals surface area contributed by atoms with E-state index in [-0.39, 0.29) is 17.7 Å². The number of nitrogens with one attached hydrogen (secondary N) is 1. The third-order valence-electron chi connectivity index (χ3n) is 5.23. The summed E-state index contributed by atoms with van der Waals surface area (Å²) in [5.74, 6) is 7.98. The molecule has 0 unspecified atom stereocenters. The molecule has 2 heterocycles. The molecule has 3 N–H and O–H groups in total. The van der Waals surface area contributed by atoms with E-state index in [1.54, 1.807) is 4.68 Å². The number of nitrogens with zero attached hydrogens (tertiary/aromatic N) is 5. The third-order valence-corrected chi connectivity index (χ3v) is 6.17. The Bertz CT molecular complexity index is 784. The number of thioether (sulfide) groups is 1. The number of hydrogen-bond acceptors (Lipinski definition) is 6. The predicted molar refractivity (Wildman–Crippen MR) is 102 cm³/mol. The van der Waals surface area contributed by atoms with E-state index in [0.717, 1.165) is 17.8 Å². The van der Waals surface area contributed by atoms with E-state index in [1.807, 2.05) is 19.9 Å². The maximum Gasteiger partial charge on any atom is 0.271 e. The summed E-state index contributed by atoms with van der Waals surface area (Å²) >= 11 is 1.29. The first-order valence-electron chi connectivity index (χ1n) is 9.03. The summed E-state index contributed by atoms with van der Waals surface area (Å²) < 4.78 is 3.03. The van der Waals surface area contributed by atoms with Crippen molar-refractivity contribution in [2.75, 3.05) is 11.6 Å². The van der Waals surface area contributed by atoms with Gasteiger partial charge < -0.3 is 11.2 Å². The SMILES string of the molecule is Cc1cc(C)n(-c2nnc(SCC(=O)N[C@@H]3CCC[C@@H](C)[C@H]3C)n2N)n1. The summed E-state index contributed by atoms with van der Waals surface area (Å²) in [5, 5.41) is 16.2. The van der Waals surface area contributed by atoms with Crippen molar-refractivity contribution in [1.82, 2.24) is 30.0 Å². The molecule has 1 saturated carbocycles. The first-order chi connectivity index (χ1) is 12.4. The van der Waals surface area contributed by atoms with Crippen LogP contribution in [-0.2, 0) is 4.79 Å². The predicted octanol–water partition coefficient (Wildman–Crippen LogP) is 1.83. The lowest BCUT2D eigenvalue weighted by Crippen LogP contribution is -2.44. The van der Waals surface area contributed by atoms with Crippen LogP contribution in [0, 0.1) is 25.7 Å². The number of nitrogen functional groups attached to an aromatic ring is 1. The normalized spacial score (nSPS) is 23.2. The first kappa shape index (κ1) is 18.8. The van der Waals surface area contributed by atoms with Crippen molar-refractivity contribution in [3.05, 3.63) is 17.5 Å². The Balaban J connectivity index is 1.60. The molecule has 1 fully saturated rings. The number of hydrogen-bond donors (Lipinski definition) is 2. The van der Waals surface area contributed by atoms with Crippen LogP contribution in [0.1, 0.15) is 44.5 Å². The average Bonchev–Trinajstić information content (AvgIpc) is 3.11. The van der Waals surface area contributed by atoms with Gasteiger partial charge in [-0.3, -0.25) is 4.79 Å². The minimum atomic E-state index is 0.0108. The molecule has 0 bridgehead atoms. The fraction of sp³-hybridized carbons (Fsp3) is 0.647. The quantitative estimate of drug-likeness (QED) is 0.608. The molecule has 2 aromatic heterocycles. The second-order valence-electron chi connectivity index (χ2n) is 7.22. The molecular weight excluding hydrogens is 350 g/mol. The van der Waals surface area contributed by atoms with E-state index in [2.05, 4.69) is 34.5 Å². The second kappa shape index (κ2) is 7.69. The maximum absolute atomic E-state index is 12.3. The van der Waals surface area contributed by atoms with Gasteiger partial charge in [0.25, 0.3) is 5.95 Å². The number of nitrogens with two attached hydrogens (primary N) is 1. The Morgan fingerprint density at radius 1 is 1.35 bits per heavy atom. The van der Waals surface area contributed by atoms with Gasteiger partial charge >= 0.3 is 0 Å². The van der Waals surface area contributed by atoms with Crippen LogP contribution in [0.15, 0.2) is 11.2 Å². The summed E-state index contributed by atoms with van der Waals surface area (Å²) in [6, 6.07) is 2.20. The standard InChI is InChI=1S/C17H27N7OS/c1-10-6-5-7-14(13(10)4)19-15(25)9-26-17-21-20-16(23(17)18)24-12(3)8-11(2)22-24/h8,10,13-14H,5-7,9,18H2,1-4H3,(H,19,25)/t10-,13-,14-/m1/s1. The molecule has 3 rings (SSSR count). The highest BCUT2D eigenvalue weighted by molar-refractivity contribution is 7.99. The zero-order chi connectivity index (χ0) is 18.8. The van der Waals surface area contributed by atoms with Gasteiger partial charge in [-0.15, -0.1) is 10.2 Å². The zero-order valence-electron chi connectivity index (χ0n) is 15.8. The van der Waals surface area contributed by atoms with Gasteiger partial charge in [0.05, 0.1) is 11.4 Å². The monoisotopic (exact) mass is 377 g/mol. The number of carbonyl (C=O) groups excluding carboxylic acids is 1. The van der Waals surface area contributed by atoms with Crippen molar-refractivity contribution in [3.63, 3.8) is 0 Å². The Hall–Kier alpha value is -2.03. The van der Waals surface area contributed by atoms with E-state index in [0.29, 0.717) is 22.9 Å². The van der Waals surface area contributed by atoms with Gasteiger partial charge in [-0.2, -0.15) is 5.10 Å². The molecule has 0 spiro atoms. The number of aryl methyl sites for hydroxylation is 2. The fourth-order valence-corrected chi connectivity index (χ4v) is 4.17. The summed E-state index contributed by atoms with van der Waals surface area (Å²) in [6.45, 7) is 8.32. The Morgan fingerprint density at radius 3 is 2.81 bits per heavy atom. The van der Waals surface area contributed by atoms with Gasteiger partial charge in [-0.25, -0.2) is 9.36 Å². The largest absolute Gasteiger partial charge is 0.352 e. The third kappa shape index (κ3) is 3.87. The molecule has 2 aromatic rings. The molecule has 26 heavy (non-hydrogen) atoms. The lowest BCUT2D eigenvalue weighted by molar-refractivity contribution is -0.120. The van der Waals surface area contributed by atoms with E-state index in [4.69, 9.17) is 5.84 Å². The van der Waals surface area contributed by atoms with Crippen LogP contribution >= 0.6 is 11.8 Å². The topological polar surface area (TPSA) is 104 Å². The summed E-state index contributed by atoms with van der Waals surface area (Å²) in [6.07, 6.45) is 3.47. The van der Waals surface area contributed by atoms with Crippen molar-refractivity contribution < 1.29 is 4.79 Å². The summed E-state index contributed by atoms with van der Waals surface area (Å²) in [7, 11) is 0. The molecule has 0 saturated heterocycles. The van der Waals surface area contributed by atoms with Crippen molar-refractivity contribution >= 4 is 17.7 Å². The number of amides is 1. The summed E-state index contributed by atoms with van der Waals surface area (Å²) in [4.78, 5) is 12.3. The van der Waals surface area contributed by atoms with Gasteiger partial charge in [0.15, 0.2) is 0 Å². The van der Waals surface area contributed by atoms with Gasteiger partial charge in [0.2, 0.25) is 11.1 Å². The Morgan fingerprint density at radius 2 is 2.12 bits per heavy atom. The highest BCUT2D eigenvalue weighted by Gasteiger charge is 2.28. The molecule has 0 radical (unpaired) electrons. The number of rotatable bonds is 5. The molecule has 142 valence electrons.